The minimum absolute atomic E-state index is 0.0709. The second kappa shape index (κ2) is 8.67. The van der Waals surface area contributed by atoms with Crippen LogP contribution in [0, 0.1) is 12.8 Å². The number of amides is 1. The van der Waals surface area contributed by atoms with E-state index in [1.165, 1.54) is 20.7 Å². The zero-order chi connectivity index (χ0) is 24.9. The van der Waals surface area contributed by atoms with Gasteiger partial charge >= 0.3 is 0 Å². The minimum atomic E-state index is 0.0709. The molecule has 1 aliphatic rings. The van der Waals surface area contributed by atoms with Crippen LogP contribution in [0.25, 0.3) is 54.9 Å². The summed E-state index contributed by atoms with van der Waals surface area (Å²) >= 11 is 1.80. The van der Waals surface area contributed by atoms with Crippen molar-refractivity contribution in [1.82, 2.24) is 25.1 Å². The zero-order valence-electron chi connectivity index (χ0n) is 20.2. The Hall–Kier alpha value is -4.30. The highest BCUT2D eigenvalue weighted by atomic mass is 32.1. The molecule has 1 aliphatic carbocycles. The molecular weight excluding hydrogens is 480 g/mol. The number of nitrogens with one attached hydrogen (secondary N) is 3. The number of carbonyl (C=O) groups is 1. The Balaban J connectivity index is 1.26. The lowest BCUT2D eigenvalue weighted by Gasteiger charge is -2.24. The molecule has 0 saturated heterocycles. The molecule has 0 atom stereocenters. The molecule has 7 rings (SSSR count). The summed E-state index contributed by atoms with van der Waals surface area (Å²) < 4.78 is 0. The summed E-state index contributed by atoms with van der Waals surface area (Å²) in [5.41, 5.74) is 7.23. The third-order valence-electron chi connectivity index (χ3n) is 7.15. The molecule has 5 heterocycles. The maximum Gasteiger partial charge on any atom is 0.227 e. The summed E-state index contributed by atoms with van der Waals surface area (Å²) in [6, 6.07) is 16.8. The molecule has 7 nitrogen and oxygen atoms in total. The molecule has 0 spiro atoms. The molecule has 0 unspecified atom stereocenters. The lowest BCUT2D eigenvalue weighted by atomic mass is 9.85. The number of H-pyrrole nitrogens is 2. The van der Waals surface area contributed by atoms with Gasteiger partial charge in [-0.1, -0.05) is 18.6 Å². The fourth-order valence-corrected chi connectivity index (χ4v) is 5.83. The normalized spacial score (nSPS) is 13.8. The van der Waals surface area contributed by atoms with E-state index in [9.17, 15) is 4.79 Å². The van der Waals surface area contributed by atoms with Crippen LogP contribution in [0.1, 0.15) is 24.1 Å². The van der Waals surface area contributed by atoms with Crippen LogP contribution in [0.4, 0.5) is 5.69 Å². The first kappa shape index (κ1) is 21.9. The average molecular weight is 505 g/mol. The molecule has 1 aromatic carbocycles. The van der Waals surface area contributed by atoms with E-state index in [-0.39, 0.29) is 11.8 Å². The second-order valence-corrected chi connectivity index (χ2v) is 10.9. The summed E-state index contributed by atoms with van der Waals surface area (Å²) in [6.45, 7) is 2.13. The topological polar surface area (TPSA) is 99.3 Å². The van der Waals surface area contributed by atoms with Gasteiger partial charge in [0.1, 0.15) is 5.69 Å². The van der Waals surface area contributed by atoms with Crippen molar-refractivity contribution in [2.75, 3.05) is 5.32 Å². The van der Waals surface area contributed by atoms with E-state index < -0.39 is 0 Å². The minimum Gasteiger partial charge on any atom is -0.353 e. The Morgan fingerprint density at radius 2 is 1.95 bits per heavy atom. The number of nitrogens with zero attached hydrogens (tertiary/aromatic N) is 3. The number of rotatable bonds is 5. The lowest BCUT2D eigenvalue weighted by molar-refractivity contribution is -0.122. The molecule has 182 valence electrons. The predicted octanol–water partition coefficient (Wildman–Crippen LogP) is 6.94. The summed E-state index contributed by atoms with van der Waals surface area (Å²) in [4.78, 5) is 27.5. The van der Waals surface area contributed by atoms with Crippen molar-refractivity contribution in [3.8, 4) is 33.1 Å². The smallest absolute Gasteiger partial charge is 0.227 e. The van der Waals surface area contributed by atoms with Crippen molar-refractivity contribution in [2.45, 2.75) is 26.2 Å². The highest BCUT2D eigenvalue weighted by Gasteiger charge is 2.25. The van der Waals surface area contributed by atoms with E-state index in [4.69, 9.17) is 0 Å². The molecule has 0 aliphatic heterocycles. The van der Waals surface area contributed by atoms with Gasteiger partial charge in [-0.2, -0.15) is 5.10 Å². The van der Waals surface area contributed by atoms with Crippen LogP contribution in [-0.2, 0) is 4.79 Å². The number of aromatic nitrogens is 5. The van der Waals surface area contributed by atoms with Gasteiger partial charge in [0, 0.05) is 49.3 Å². The molecule has 0 bridgehead atoms. The van der Waals surface area contributed by atoms with Crippen molar-refractivity contribution in [3.63, 3.8) is 0 Å². The van der Waals surface area contributed by atoms with E-state index >= 15 is 0 Å². The first-order valence-electron chi connectivity index (χ1n) is 12.4. The molecule has 1 fully saturated rings. The summed E-state index contributed by atoms with van der Waals surface area (Å²) in [6.07, 6.45) is 8.29. The zero-order valence-corrected chi connectivity index (χ0v) is 21.0. The van der Waals surface area contributed by atoms with E-state index in [0.29, 0.717) is 5.69 Å². The van der Waals surface area contributed by atoms with Crippen molar-refractivity contribution in [3.05, 3.63) is 72.0 Å². The number of fused-ring (bicyclic) bond motifs is 2. The van der Waals surface area contributed by atoms with E-state index in [1.807, 2.05) is 12.1 Å². The molecule has 8 heteroatoms. The van der Waals surface area contributed by atoms with Gasteiger partial charge in [-0.15, -0.1) is 11.3 Å². The third kappa shape index (κ3) is 3.90. The Labute approximate surface area is 217 Å². The maximum absolute atomic E-state index is 12.4. The standard InChI is InChI=1S/C29H24N6OS/c1-16-8-9-27(37-16)20-6-3-7-23-21(20)11-25(33-23)28-22-12-24(31-15-26(22)34-35-28)18-10-19(14-30-13-18)32-29(36)17-4-2-5-17/h3,6-15,17,33H,2,4-5H2,1H3,(H,32,36)(H,34,35). The summed E-state index contributed by atoms with van der Waals surface area (Å²) in [5, 5.41) is 12.9. The summed E-state index contributed by atoms with van der Waals surface area (Å²) in [5.74, 6) is 0.189. The number of hydrogen-bond acceptors (Lipinski definition) is 5. The van der Waals surface area contributed by atoms with Crippen LogP contribution in [0.5, 0.6) is 0 Å². The van der Waals surface area contributed by atoms with Gasteiger partial charge in [-0.25, -0.2) is 0 Å². The molecule has 37 heavy (non-hydrogen) atoms. The fraction of sp³-hybridized carbons (Fsp3) is 0.172. The number of anilines is 1. The Kier molecular flexibility index (Phi) is 5.14. The van der Waals surface area contributed by atoms with Gasteiger partial charge in [0.25, 0.3) is 0 Å². The third-order valence-corrected chi connectivity index (χ3v) is 8.18. The number of aryl methyl sites for hydroxylation is 1. The first-order valence-corrected chi connectivity index (χ1v) is 13.2. The molecule has 6 aromatic rings. The van der Waals surface area contributed by atoms with Crippen LogP contribution < -0.4 is 5.32 Å². The molecule has 1 amide bonds. The van der Waals surface area contributed by atoms with Crippen molar-refractivity contribution >= 4 is 44.7 Å². The molecule has 3 N–H and O–H groups in total. The summed E-state index contributed by atoms with van der Waals surface area (Å²) in [7, 11) is 0. The number of thiophene rings is 1. The van der Waals surface area contributed by atoms with Crippen LogP contribution in [0.2, 0.25) is 0 Å². The molecule has 0 radical (unpaired) electrons. The van der Waals surface area contributed by atoms with Crippen molar-refractivity contribution < 1.29 is 4.79 Å². The Morgan fingerprint density at radius 1 is 1.03 bits per heavy atom. The molecular formula is C29H24N6OS. The number of aromatic amines is 2. The number of hydrogen-bond donors (Lipinski definition) is 3. The number of benzene rings is 1. The highest BCUT2D eigenvalue weighted by Crippen LogP contribution is 2.37. The number of carbonyl (C=O) groups excluding carboxylic acids is 1. The quantitative estimate of drug-likeness (QED) is 0.237. The van der Waals surface area contributed by atoms with Crippen LogP contribution >= 0.6 is 11.3 Å². The average Bonchev–Trinajstić information content (AvgIpc) is 3.60. The van der Waals surface area contributed by atoms with Crippen LogP contribution in [0.3, 0.4) is 0 Å². The predicted molar refractivity (Wildman–Crippen MR) is 148 cm³/mol. The lowest BCUT2D eigenvalue weighted by Crippen LogP contribution is -2.28. The Morgan fingerprint density at radius 3 is 2.76 bits per heavy atom. The Bertz CT molecular complexity index is 1790. The SMILES string of the molecule is Cc1ccc(-c2cccc3[nH]c(-c4n[nH]c5cnc(-c6cncc(NC(=O)C7CCC7)c6)cc45)cc23)s1. The van der Waals surface area contributed by atoms with Gasteiger partial charge in [-0.3, -0.25) is 19.9 Å². The largest absolute Gasteiger partial charge is 0.353 e. The first-order chi connectivity index (χ1) is 18.1. The van der Waals surface area contributed by atoms with Crippen molar-refractivity contribution in [2.24, 2.45) is 5.92 Å². The van der Waals surface area contributed by atoms with Gasteiger partial charge in [0.15, 0.2) is 0 Å². The van der Waals surface area contributed by atoms with Crippen LogP contribution in [-0.4, -0.2) is 31.1 Å². The molecule has 1 saturated carbocycles. The van der Waals surface area contributed by atoms with Crippen LogP contribution in [0.15, 0.2) is 67.1 Å². The van der Waals surface area contributed by atoms with Gasteiger partial charge in [0.05, 0.1) is 35.0 Å². The van der Waals surface area contributed by atoms with Gasteiger partial charge < -0.3 is 10.3 Å². The highest BCUT2D eigenvalue weighted by molar-refractivity contribution is 7.15. The monoisotopic (exact) mass is 504 g/mol. The number of pyridine rings is 2. The maximum atomic E-state index is 12.4. The van der Waals surface area contributed by atoms with Gasteiger partial charge in [-0.05, 0) is 56.2 Å². The van der Waals surface area contributed by atoms with E-state index in [0.717, 1.165) is 58.3 Å². The van der Waals surface area contributed by atoms with Gasteiger partial charge in [0.2, 0.25) is 5.91 Å². The van der Waals surface area contributed by atoms with E-state index in [1.54, 1.807) is 29.9 Å². The molecule has 5 aromatic heterocycles. The second-order valence-electron chi connectivity index (χ2n) is 9.63. The van der Waals surface area contributed by atoms with Crippen molar-refractivity contribution in [1.29, 1.82) is 0 Å². The van der Waals surface area contributed by atoms with E-state index in [2.05, 4.69) is 73.8 Å². The fourth-order valence-electron chi connectivity index (χ4n) is 4.92.